The van der Waals surface area contributed by atoms with Crippen molar-refractivity contribution < 1.29 is 4.74 Å². The Kier molecular flexibility index (Phi) is 4.30. The van der Waals surface area contributed by atoms with Crippen LogP contribution in [-0.4, -0.2) is 17.1 Å². The highest BCUT2D eigenvalue weighted by atomic mass is 16.5. The molecule has 0 aliphatic carbocycles. The first kappa shape index (κ1) is 13.3. The molecule has 0 aliphatic heterocycles. The Morgan fingerprint density at radius 1 is 1.32 bits per heavy atom. The summed E-state index contributed by atoms with van der Waals surface area (Å²) in [6.45, 7) is 2.60. The van der Waals surface area contributed by atoms with Crippen molar-refractivity contribution in [3.63, 3.8) is 0 Å². The maximum atomic E-state index is 5.88. The fourth-order valence-electron chi connectivity index (χ4n) is 1.75. The number of anilines is 1. The zero-order valence-electron chi connectivity index (χ0n) is 11.1. The van der Waals surface area contributed by atoms with Crippen molar-refractivity contribution in [2.45, 2.75) is 19.5 Å². The highest BCUT2D eigenvalue weighted by Crippen LogP contribution is 2.18. The minimum absolute atomic E-state index is 0.0976. The van der Waals surface area contributed by atoms with E-state index in [4.69, 9.17) is 10.5 Å². The summed E-state index contributed by atoms with van der Waals surface area (Å²) >= 11 is 0. The van der Waals surface area contributed by atoms with E-state index in [9.17, 15) is 0 Å². The van der Waals surface area contributed by atoms with Gasteiger partial charge in [-0.05, 0) is 24.6 Å². The summed E-state index contributed by atoms with van der Waals surface area (Å²) in [5.41, 5.74) is 7.95. The second-order valence-corrected chi connectivity index (χ2v) is 4.32. The van der Waals surface area contributed by atoms with Gasteiger partial charge in [0, 0.05) is 24.3 Å². The normalized spacial score (nSPS) is 11.9. The lowest BCUT2D eigenvalue weighted by Gasteiger charge is -2.12. The quantitative estimate of drug-likeness (QED) is 0.859. The Morgan fingerprint density at radius 2 is 2.05 bits per heavy atom. The molecule has 0 bridgehead atoms. The third-order valence-electron chi connectivity index (χ3n) is 2.85. The molecular formula is C14H18N4O. The minimum atomic E-state index is -0.0976. The first-order chi connectivity index (χ1) is 9.20. The molecule has 0 radical (unpaired) electrons. The predicted octanol–water partition coefficient (Wildman–Crippen LogP) is 2.12. The summed E-state index contributed by atoms with van der Waals surface area (Å²) in [6, 6.07) is 7.80. The van der Waals surface area contributed by atoms with Crippen LogP contribution < -0.4 is 15.8 Å². The molecule has 5 heteroatoms. The molecule has 0 saturated carbocycles. The highest BCUT2D eigenvalue weighted by Gasteiger charge is 2.07. The van der Waals surface area contributed by atoms with Gasteiger partial charge in [0.25, 0.3) is 0 Å². The van der Waals surface area contributed by atoms with E-state index in [-0.39, 0.29) is 6.04 Å². The second kappa shape index (κ2) is 6.15. The second-order valence-electron chi connectivity index (χ2n) is 4.32. The van der Waals surface area contributed by atoms with E-state index in [0.717, 1.165) is 22.7 Å². The molecule has 19 heavy (non-hydrogen) atoms. The number of ether oxygens (including phenoxy) is 1. The summed E-state index contributed by atoms with van der Waals surface area (Å²) in [4.78, 5) is 8.22. The van der Waals surface area contributed by atoms with Crippen molar-refractivity contribution in [2.24, 2.45) is 5.73 Å². The molecule has 0 aliphatic rings. The monoisotopic (exact) mass is 258 g/mol. The molecule has 1 heterocycles. The number of aromatic nitrogens is 2. The number of nitrogens with zero attached hydrogens (tertiary/aromatic N) is 2. The Bertz CT molecular complexity index is 525. The van der Waals surface area contributed by atoms with E-state index in [2.05, 4.69) is 15.3 Å². The Morgan fingerprint density at radius 3 is 2.68 bits per heavy atom. The van der Waals surface area contributed by atoms with Gasteiger partial charge in [-0.1, -0.05) is 12.1 Å². The van der Waals surface area contributed by atoms with Crippen LogP contribution in [-0.2, 0) is 6.54 Å². The van der Waals surface area contributed by atoms with E-state index >= 15 is 0 Å². The summed E-state index contributed by atoms with van der Waals surface area (Å²) in [6.07, 6.45) is 3.26. The van der Waals surface area contributed by atoms with Gasteiger partial charge >= 0.3 is 0 Å². The number of rotatable bonds is 5. The zero-order valence-corrected chi connectivity index (χ0v) is 11.1. The van der Waals surface area contributed by atoms with Crippen LogP contribution in [0.5, 0.6) is 5.75 Å². The Balaban J connectivity index is 2.05. The summed E-state index contributed by atoms with van der Waals surface area (Å²) in [7, 11) is 1.66. The minimum Gasteiger partial charge on any atom is -0.497 e. The van der Waals surface area contributed by atoms with E-state index < -0.39 is 0 Å². The lowest BCUT2D eigenvalue weighted by molar-refractivity contribution is 0.414. The molecule has 3 N–H and O–H groups in total. The molecular weight excluding hydrogens is 240 g/mol. The van der Waals surface area contributed by atoms with Crippen LogP contribution in [0.1, 0.15) is 24.1 Å². The molecule has 100 valence electrons. The van der Waals surface area contributed by atoms with Crippen molar-refractivity contribution in [3.05, 3.63) is 47.9 Å². The molecule has 1 aromatic carbocycles. The summed E-state index contributed by atoms with van der Waals surface area (Å²) < 4.78 is 5.12. The third-order valence-corrected chi connectivity index (χ3v) is 2.85. The van der Waals surface area contributed by atoms with Crippen molar-refractivity contribution in [1.29, 1.82) is 0 Å². The fourth-order valence-corrected chi connectivity index (χ4v) is 1.75. The van der Waals surface area contributed by atoms with Crippen LogP contribution in [0.2, 0.25) is 0 Å². The standard InChI is InChI=1S/C14H18N4O/c1-10(15)13-8-16-9-18-14(13)17-7-11-3-5-12(19-2)6-4-11/h3-6,8-10H,7,15H2,1-2H3,(H,16,17,18). The van der Waals surface area contributed by atoms with Gasteiger partial charge in [0.1, 0.15) is 17.9 Å². The topological polar surface area (TPSA) is 73.1 Å². The largest absolute Gasteiger partial charge is 0.497 e. The molecule has 1 aromatic heterocycles. The summed E-state index contributed by atoms with van der Waals surface area (Å²) in [5, 5.41) is 3.28. The SMILES string of the molecule is COc1ccc(CNc2ncncc2C(C)N)cc1. The van der Waals surface area contributed by atoms with E-state index in [0.29, 0.717) is 6.54 Å². The van der Waals surface area contributed by atoms with Crippen molar-refractivity contribution in [3.8, 4) is 5.75 Å². The van der Waals surface area contributed by atoms with Crippen molar-refractivity contribution in [2.75, 3.05) is 12.4 Å². The molecule has 5 nitrogen and oxygen atoms in total. The molecule has 2 aromatic rings. The number of methoxy groups -OCH3 is 1. The number of nitrogens with one attached hydrogen (secondary N) is 1. The average Bonchev–Trinajstić information content (AvgIpc) is 2.46. The van der Waals surface area contributed by atoms with Gasteiger partial charge in [0.15, 0.2) is 0 Å². The molecule has 2 rings (SSSR count). The maximum Gasteiger partial charge on any atom is 0.134 e. The van der Waals surface area contributed by atoms with Gasteiger partial charge in [-0.15, -0.1) is 0 Å². The average molecular weight is 258 g/mol. The number of hydrogen-bond acceptors (Lipinski definition) is 5. The van der Waals surface area contributed by atoms with Crippen LogP contribution in [0.15, 0.2) is 36.8 Å². The van der Waals surface area contributed by atoms with Gasteiger partial charge in [0.05, 0.1) is 7.11 Å². The molecule has 1 atom stereocenters. The van der Waals surface area contributed by atoms with Gasteiger partial charge in [0.2, 0.25) is 0 Å². The predicted molar refractivity (Wildman–Crippen MR) is 75.0 cm³/mol. The third kappa shape index (κ3) is 3.42. The molecule has 1 unspecified atom stereocenters. The molecule has 0 saturated heterocycles. The van der Waals surface area contributed by atoms with Crippen LogP contribution in [0.3, 0.4) is 0 Å². The van der Waals surface area contributed by atoms with Gasteiger partial charge in [-0.3, -0.25) is 0 Å². The van der Waals surface area contributed by atoms with Crippen LogP contribution in [0.25, 0.3) is 0 Å². The smallest absolute Gasteiger partial charge is 0.134 e. The van der Waals surface area contributed by atoms with E-state index in [1.165, 1.54) is 6.33 Å². The first-order valence-corrected chi connectivity index (χ1v) is 6.13. The highest BCUT2D eigenvalue weighted by molar-refractivity contribution is 5.44. The van der Waals surface area contributed by atoms with Gasteiger partial charge in [-0.2, -0.15) is 0 Å². The summed E-state index contributed by atoms with van der Waals surface area (Å²) in [5.74, 6) is 1.63. The Hall–Kier alpha value is -2.14. The van der Waals surface area contributed by atoms with Gasteiger partial charge < -0.3 is 15.8 Å². The van der Waals surface area contributed by atoms with Crippen LogP contribution in [0, 0.1) is 0 Å². The number of benzene rings is 1. The van der Waals surface area contributed by atoms with Crippen LogP contribution >= 0.6 is 0 Å². The molecule has 0 fully saturated rings. The fraction of sp³-hybridized carbons (Fsp3) is 0.286. The van der Waals surface area contributed by atoms with Gasteiger partial charge in [-0.25, -0.2) is 9.97 Å². The molecule has 0 spiro atoms. The number of nitrogens with two attached hydrogens (primary N) is 1. The number of hydrogen-bond donors (Lipinski definition) is 2. The lowest BCUT2D eigenvalue weighted by Crippen LogP contribution is -2.11. The van der Waals surface area contributed by atoms with E-state index in [1.54, 1.807) is 13.3 Å². The first-order valence-electron chi connectivity index (χ1n) is 6.13. The zero-order chi connectivity index (χ0) is 13.7. The maximum absolute atomic E-state index is 5.88. The van der Waals surface area contributed by atoms with Crippen molar-refractivity contribution >= 4 is 5.82 Å². The van der Waals surface area contributed by atoms with Crippen molar-refractivity contribution in [1.82, 2.24) is 9.97 Å². The lowest BCUT2D eigenvalue weighted by atomic mass is 10.1. The molecule has 0 amide bonds. The van der Waals surface area contributed by atoms with E-state index in [1.807, 2.05) is 31.2 Å². The van der Waals surface area contributed by atoms with Crippen LogP contribution in [0.4, 0.5) is 5.82 Å². The Labute approximate surface area is 112 Å².